The molecule has 104 valence electrons. The number of hydrogen-bond donors (Lipinski definition) is 3. The number of carbonyl (C=O) groups is 1. The van der Waals surface area contributed by atoms with Crippen LogP contribution in [0.3, 0.4) is 0 Å². The summed E-state index contributed by atoms with van der Waals surface area (Å²) >= 11 is 0. The fourth-order valence-corrected chi connectivity index (χ4v) is 2.29. The van der Waals surface area contributed by atoms with E-state index < -0.39 is 7.82 Å². The van der Waals surface area contributed by atoms with Crippen molar-refractivity contribution in [3.63, 3.8) is 0 Å². The molecule has 0 radical (unpaired) electrons. The lowest BCUT2D eigenvalue weighted by atomic mass is 10.1. The van der Waals surface area contributed by atoms with Gasteiger partial charge in [-0.1, -0.05) is 12.1 Å². The molecule has 1 atom stereocenters. The Morgan fingerprint density at radius 2 is 2.05 bits per heavy atom. The molecule has 7 nitrogen and oxygen atoms in total. The summed E-state index contributed by atoms with van der Waals surface area (Å²) in [6.07, 6.45) is 0.527. The van der Waals surface area contributed by atoms with E-state index in [9.17, 15) is 9.36 Å². The van der Waals surface area contributed by atoms with Crippen LogP contribution in [0.4, 0.5) is 0 Å². The highest BCUT2D eigenvalue weighted by molar-refractivity contribution is 7.46. The average molecular weight is 286 g/mol. The van der Waals surface area contributed by atoms with Crippen LogP contribution in [0.5, 0.6) is 5.75 Å². The monoisotopic (exact) mass is 286 g/mol. The van der Waals surface area contributed by atoms with Crippen LogP contribution in [-0.4, -0.2) is 40.4 Å². The summed E-state index contributed by atoms with van der Waals surface area (Å²) in [5.74, 6) is 0.135. The molecule has 1 aromatic carbocycles. The zero-order valence-electron chi connectivity index (χ0n) is 10.3. The SMILES string of the molecule is CN1CN[C@@H](Cc2ccc(OP(=O)(O)O)cc2)C1=O. The van der Waals surface area contributed by atoms with E-state index in [1.54, 1.807) is 24.1 Å². The molecule has 2 rings (SSSR count). The van der Waals surface area contributed by atoms with Gasteiger partial charge in [-0.15, -0.1) is 0 Å². The molecule has 19 heavy (non-hydrogen) atoms. The summed E-state index contributed by atoms with van der Waals surface area (Å²) < 4.78 is 15.1. The highest BCUT2D eigenvalue weighted by Crippen LogP contribution is 2.37. The molecule has 1 fully saturated rings. The molecule has 1 aliphatic heterocycles. The second kappa shape index (κ2) is 5.30. The standard InChI is InChI=1S/C11H15N2O5P/c1-13-7-12-10(11(13)14)6-8-2-4-9(5-3-8)18-19(15,16)17/h2-5,10,12H,6-7H2,1H3,(H2,15,16,17)/t10-/m0/s1. The summed E-state index contributed by atoms with van der Waals surface area (Å²) in [5, 5.41) is 3.08. The summed E-state index contributed by atoms with van der Waals surface area (Å²) in [5.41, 5.74) is 0.888. The van der Waals surface area contributed by atoms with Crippen LogP contribution in [0.25, 0.3) is 0 Å². The van der Waals surface area contributed by atoms with Crippen molar-refractivity contribution in [3.8, 4) is 5.75 Å². The molecule has 0 aromatic heterocycles. The maximum atomic E-state index is 11.7. The van der Waals surface area contributed by atoms with Gasteiger partial charge in [-0.3, -0.25) is 19.9 Å². The van der Waals surface area contributed by atoms with Gasteiger partial charge in [0.15, 0.2) is 0 Å². The molecular weight excluding hydrogens is 271 g/mol. The Bertz CT molecular complexity index is 512. The first-order valence-electron chi connectivity index (χ1n) is 5.67. The number of likely N-dealkylation sites (N-methyl/N-ethyl adjacent to an activating group) is 1. The minimum absolute atomic E-state index is 0.0375. The van der Waals surface area contributed by atoms with Gasteiger partial charge in [0.1, 0.15) is 5.75 Å². The molecule has 0 aliphatic carbocycles. The Balaban J connectivity index is 1.99. The molecule has 1 heterocycles. The van der Waals surface area contributed by atoms with Gasteiger partial charge in [0.2, 0.25) is 5.91 Å². The number of benzene rings is 1. The number of amides is 1. The van der Waals surface area contributed by atoms with Gasteiger partial charge >= 0.3 is 7.82 Å². The van der Waals surface area contributed by atoms with Crippen LogP contribution in [-0.2, 0) is 15.8 Å². The average Bonchev–Trinajstić information content (AvgIpc) is 2.62. The van der Waals surface area contributed by atoms with E-state index in [1.807, 2.05) is 0 Å². The van der Waals surface area contributed by atoms with Crippen LogP contribution in [0.2, 0.25) is 0 Å². The molecule has 8 heteroatoms. The maximum Gasteiger partial charge on any atom is 0.524 e. The predicted octanol–water partition coefficient (Wildman–Crippen LogP) is 0.0883. The second-order valence-corrected chi connectivity index (χ2v) is 5.54. The van der Waals surface area contributed by atoms with Crippen molar-refractivity contribution in [2.24, 2.45) is 0 Å². The van der Waals surface area contributed by atoms with E-state index in [2.05, 4.69) is 9.84 Å². The Kier molecular flexibility index (Phi) is 3.91. The molecule has 1 amide bonds. The lowest BCUT2D eigenvalue weighted by Gasteiger charge is -2.10. The molecule has 0 bridgehead atoms. The number of phosphoric ester groups is 1. The van der Waals surface area contributed by atoms with Crippen LogP contribution in [0, 0.1) is 0 Å². The lowest BCUT2D eigenvalue weighted by molar-refractivity contribution is -0.127. The Hall–Kier alpha value is -1.40. The molecule has 0 spiro atoms. The quantitative estimate of drug-likeness (QED) is 0.678. The third kappa shape index (κ3) is 3.78. The number of carbonyl (C=O) groups excluding carboxylic acids is 1. The van der Waals surface area contributed by atoms with E-state index in [0.29, 0.717) is 13.1 Å². The minimum Gasteiger partial charge on any atom is -0.404 e. The molecule has 0 unspecified atom stereocenters. The van der Waals surface area contributed by atoms with Crippen LogP contribution in [0.15, 0.2) is 24.3 Å². The van der Waals surface area contributed by atoms with Crippen LogP contribution in [0.1, 0.15) is 5.56 Å². The van der Waals surface area contributed by atoms with E-state index >= 15 is 0 Å². The third-order valence-corrected chi connectivity index (χ3v) is 3.29. The molecular formula is C11H15N2O5P. The first-order chi connectivity index (χ1) is 8.85. The third-order valence-electron chi connectivity index (χ3n) is 2.84. The molecule has 1 saturated heterocycles. The van der Waals surface area contributed by atoms with Gasteiger partial charge < -0.3 is 9.42 Å². The number of nitrogens with zero attached hydrogens (tertiary/aromatic N) is 1. The molecule has 1 aliphatic rings. The second-order valence-electron chi connectivity index (χ2n) is 4.38. The number of phosphoric acid groups is 1. The van der Waals surface area contributed by atoms with E-state index in [4.69, 9.17) is 9.79 Å². The van der Waals surface area contributed by atoms with Crippen molar-refractivity contribution in [1.29, 1.82) is 0 Å². The molecule has 3 N–H and O–H groups in total. The predicted molar refractivity (Wildman–Crippen MR) is 67.4 cm³/mol. The normalized spacial score (nSPS) is 19.8. The van der Waals surface area contributed by atoms with Gasteiger partial charge in [-0.2, -0.15) is 0 Å². The maximum absolute atomic E-state index is 11.7. The zero-order valence-corrected chi connectivity index (χ0v) is 11.2. The Labute approximate surface area is 110 Å². The summed E-state index contributed by atoms with van der Waals surface area (Å²) in [6, 6.07) is 6.05. The zero-order chi connectivity index (χ0) is 14.0. The van der Waals surface area contributed by atoms with E-state index in [1.165, 1.54) is 12.1 Å². The van der Waals surface area contributed by atoms with Gasteiger partial charge in [-0.25, -0.2) is 4.57 Å². The van der Waals surface area contributed by atoms with Crippen molar-refractivity contribution >= 4 is 13.7 Å². The van der Waals surface area contributed by atoms with E-state index in [-0.39, 0.29) is 17.7 Å². The summed E-state index contributed by atoms with van der Waals surface area (Å²) in [4.78, 5) is 30.6. The van der Waals surface area contributed by atoms with Crippen molar-refractivity contribution in [3.05, 3.63) is 29.8 Å². The molecule has 1 aromatic rings. The van der Waals surface area contributed by atoms with Gasteiger partial charge in [0, 0.05) is 7.05 Å². The molecule has 0 saturated carbocycles. The van der Waals surface area contributed by atoms with Gasteiger partial charge in [0.05, 0.1) is 12.7 Å². The summed E-state index contributed by atoms with van der Waals surface area (Å²) in [6.45, 7) is 0.531. The largest absolute Gasteiger partial charge is 0.524 e. The van der Waals surface area contributed by atoms with Crippen LogP contribution < -0.4 is 9.84 Å². The van der Waals surface area contributed by atoms with Crippen molar-refractivity contribution in [2.45, 2.75) is 12.5 Å². The van der Waals surface area contributed by atoms with Crippen molar-refractivity contribution in [1.82, 2.24) is 10.2 Å². The van der Waals surface area contributed by atoms with Crippen molar-refractivity contribution in [2.75, 3.05) is 13.7 Å². The number of nitrogens with one attached hydrogen (secondary N) is 1. The topological polar surface area (TPSA) is 99.1 Å². The smallest absolute Gasteiger partial charge is 0.404 e. The van der Waals surface area contributed by atoms with E-state index in [0.717, 1.165) is 5.56 Å². The lowest BCUT2D eigenvalue weighted by Crippen LogP contribution is -2.30. The fraction of sp³-hybridized carbons (Fsp3) is 0.364. The first kappa shape index (κ1) is 14.0. The van der Waals surface area contributed by atoms with Gasteiger partial charge in [-0.05, 0) is 24.1 Å². The Morgan fingerprint density at radius 3 is 2.53 bits per heavy atom. The van der Waals surface area contributed by atoms with Gasteiger partial charge in [0.25, 0.3) is 0 Å². The van der Waals surface area contributed by atoms with Crippen molar-refractivity contribution < 1.29 is 23.7 Å². The first-order valence-corrected chi connectivity index (χ1v) is 7.20. The Morgan fingerprint density at radius 1 is 1.42 bits per heavy atom. The number of hydrogen-bond acceptors (Lipinski definition) is 4. The highest BCUT2D eigenvalue weighted by Gasteiger charge is 2.28. The summed E-state index contributed by atoms with van der Waals surface area (Å²) in [7, 11) is -2.79. The number of rotatable bonds is 4. The minimum atomic E-state index is -4.52. The highest BCUT2D eigenvalue weighted by atomic mass is 31.2. The van der Waals surface area contributed by atoms with Crippen LogP contribution >= 0.6 is 7.82 Å². The fourth-order valence-electron chi connectivity index (χ4n) is 1.90.